The Morgan fingerprint density at radius 2 is 1.38 bits per heavy atom. The molecule has 8 amide bonds. The number of benzene rings is 2. The Kier molecular flexibility index (Phi) is 39.2. The van der Waals surface area contributed by atoms with Crippen LogP contribution in [0.5, 0.6) is 0 Å². The first kappa shape index (κ1) is 94.5. The number of hydrogen-bond donors (Lipinski definition) is 8. The number of aliphatic hydroxyl groups excluding tert-OH is 1. The molecule has 1 saturated heterocycles. The fourth-order valence-corrected chi connectivity index (χ4v) is 15.1. The minimum absolute atomic E-state index is 0.00660. The molecule has 3 aromatic rings. The molecule has 0 aliphatic carbocycles. The van der Waals surface area contributed by atoms with Crippen molar-refractivity contribution >= 4 is 87.6 Å². The number of amides is 8. The number of methoxy groups -OCH3 is 2. The number of likely N-dealkylation sites (tertiary alicyclic amines) is 1. The Morgan fingerprint density at radius 3 is 1.95 bits per heavy atom. The molecule has 0 saturated carbocycles. The van der Waals surface area contributed by atoms with Crippen LogP contribution in [0.3, 0.4) is 0 Å². The number of primary amides is 1. The highest BCUT2D eigenvalue weighted by atomic mass is 32.1. The third kappa shape index (κ3) is 31.0. The summed E-state index contributed by atoms with van der Waals surface area (Å²) >= 11 is 1.53. The van der Waals surface area contributed by atoms with Gasteiger partial charge >= 0.3 is 12.1 Å². The summed E-state index contributed by atoms with van der Waals surface area (Å²) in [6, 6.07) is 13.1. The summed E-state index contributed by atoms with van der Waals surface area (Å²) in [5, 5.41) is 29.5. The Morgan fingerprint density at radius 1 is 0.736 bits per heavy atom. The summed E-state index contributed by atoms with van der Waals surface area (Å²) in [4.78, 5) is 172. The van der Waals surface area contributed by atoms with Crippen LogP contribution in [0.15, 0.2) is 66.2 Å². The summed E-state index contributed by atoms with van der Waals surface area (Å²) in [6.45, 7) is 27.3. The van der Waals surface area contributed by atoms with Crippen LogP contribution in [-0.2, 0) is 75.2 Å². The second-order valence-electron chi connectivity index (χ2n) is 33.1. The minimum Gasteiger partial charge on any atom is -0.445 e. The van der Waals surface area contributed by atoms with Gasteiger partial charge < -0.3 is 66.8 Å². The quantitative estimate of drug-likeness (QED) is 0.0243. The molecule has 2 heterocycles. The Bertz CT molecular complexity index is 3470. The van der Waals surface area contributed by atoms with E-state index in [4.69, 9.17) is 19.9 Å². The number of rotatable bonds is 49. The molecule has 0 radical (unpaired) electrons. The molecule has 2 aromatic carbocycles. The van der Waals surface area contributed by atoms with Crippen molar-refractivity contribution in [3.05, 3.63) is 82.3 Å². The number of anilines is 1. The fraction of sp³-hybridized carbons (Fsp3) is 0.675. The van der Waals surface area contributed by atoms with Gasteiger partial charge in [0.2, 0.25) is 29.5 Å². The van der Waals surface area contributed by atoms with Crippen LogP contribution in [0.2, 0.25) is 0 Å². The van der Waals surface area contributed by atoms with E-state index in [1.807, 2.05) is 117 Å². The Balaban J connectivity index is 1.36. The first-order chi connectivity index (χ1) is 51.7. The van der Waals surface area contributed by atoms with Gasteiger partial charge in [0.15, 0.2) is 23.1 Å². The number of unbranched alkanes of at least 4 members (excludes halogenated alkanes) is 1. The zero-order chi connectivity index (χ0) is 82.4. The molecule has 1 aliphatic heterocycles. The number of likely N-dealkylation sites (N-methyl/N-ethyl adjacent to an activating group) is 1. The third-order valence-corrected chi connectivity index (χ3v) is 21.9. The van der Waals surface area contributed by atoms with Crippen molar-refractivity contribution in [1.82, 2.24) is 41.4 Å². The van der Waals surface area contributed by atoms with Crippen molar-refractivity contribution in [1.29, 1.82) is 0 Å². The third-order valence-electron chi connectivity index (χ3n) is 21.0. The molecule has 12 atom stereocenters. The highest BCUT2D eigenvalue weighted by molar-refractivity contribution is 7.09. The highest BCUT2D eigenvalue weighted by Gasteiger charge is 2.45. The van der Waals surface area contributed by atoms with Gasteiger partial charge in [-0.1, -0.05) is 125 Å². The zero-order valence-electron chi connectivity index (χ0n) is 68.7. The number of nitrogens with zero attached hydrogens (tertiary/aromatic N) is 3. The van der Waals surface area contributed by atoms with Crippen LogP contribution in [0.4, 0.5) is 15.3 Å². The SMILES string of the molecule is CC[C@H](C)[C@@H]([C@@H](CC(=O)N1CCC[C@H]1[C@H](OC)[C@@H](C)C(=O)C[C@@H](Cc1ccccc1)c1nccs1)OC)N(C)C(=O)[C@@H](CC(=O)C(C)(C)NC(=O)OCc1ccc(NC(=O)[C@H](CCCNC(N)=O)CC(=O)[C@@H](NC(=O)[C@H](CCCCNC(=O)CC[C@@H](NC(C)(C)C)C(=O)C(C)(C)C)CC(=O)CO)C(C)C)cc1)C(C)C. The molecule has 0 bridgehead atoms. The summed E-state index contributed by atoms with van der Waals surface area (Å²) < 4.78 is 17.9. The van der Waals surface area contributed by atoms with Crippen LogP contribution in [-0.4, -0.2) is 185 Å². The lowest BCUT2D eigenvalue weighted by Gasteiger charge is -2.41. The molecule has 4 rings (SSSR count). The number of alkyl carbamates (subject to hydrolysis) is 1. The van der Waals surface area contributed by atoms with Gasteiger partial charge in [-0.15, -0.1) is 11.3 Å². The molecular weight excluding hydrogens is 1430 g/mol. The number of ketones is 5. The molecule has 0 spiro atoms. The predicted molar refractivity (Wildman–Crippen MR) is 425 cm³/mol. The molecule has 9 N–H and O–H groups in total. The van der Waals surface area contributed by atoms with Crippen LogP contribution < -0.4 is 37.6 Å². The first-order valence-electron chi connectivity index (χ1n) is 39.2. The molecule has 614 valence electrons. The van der Waals surface area contributed by atoms with E-state index in [0.29, 0.717) is 56.3 Å². The molecule has 26 nitrogen and oxygen atoms in total. The molecular formula is C83H130N10O16S. The number of aliphatic hydroxyl groups is 1. The Hall–Kier alpha value is -7.85. The predicted octanol–water partition coefficient (Wildman–Crippen LogP) is 10.4. The van der Waals surface area contributed by atoms with E-state index in [9.17, 15) is 62.6 Å². The number of urea groups is 1. The van der Waals surface area contributed by atoms with Crippen molar-refractivity contribution in [3.8, 4) is 0 Å². The summed E-state index contributed by atoms with van der Waals surface area (Å²) in [7, 11) is 4.78. The molecule has 0 unspecified atom stereocenters. The van der Waals surface area contributed by atoms with Crippen molar-refractivity contribution in [3.63, 3.8) is 0 Å². The van der Waals surface area contributed by atoms with Gasteiger partial charge in [-0.25, -0.2) is 14.6 Å². The van der Waals surface area contributed by atoms with Crippen molar-refractivity contribution in [2.75, 3.05) is 52.8 Å². The van der Waals surface area contributed by atoms with Crippen molar-refractivity contribution in [2.24, 2.45) is 52.6 Å². The van der Waals surface area contributed by atoms with Gasteiger partial charge in [-0.3, -0.25) is 47.9 Å². The van der Waals surface area contributed by atoms with Crippen molar-refractivity contribution in [2.45, 2.75) is 267 Å². The van der Waals surface area contributed by atoms with Crippen LogP contribution in [0, 0.1) is 46.8 Å². The smallest absolute Gasteiger partial charge is 0.408 e. The van der Waals surface area contributed by atoms with Gasteiger partial charge in [0, 0.05) is 131 Å². The number of carbonyl (C=O) groups excluding carboxylic acids is 12. The number of nitrogens with one attached hydrogen (secondary N) is 6. The van der Waals surface area contributed by atoms with Crippen molar-refractivity contribution < 1.29 is 76.9 Å². The lowest BCUT2D eigenvalue weighted by Crippen LogP contribution is -2.55. The summed E-state index contributed by atoms with van der Waals surface area (Å²) in [6.07, 6.45) is 3.44. The summed E-state index contributed by atoms with van der Waals surface area (Å²) in [5.74, 6) is -7.57. The molecule has 27 heteroatoms. The topological polar surface area (TPSA) is 370 Å². The maximum absolute atomic E-state index is 14.9. The second kappa shape index (κ2) is 45.6. The van der Waals surface area contributed by atoms with E-state index in [0.717, 1.165) is 17.0 Å². The molecule has 110 heavy (non-hydrogen) atoms. The number of aromatic nitrogens is 1. The van der Waals surface area contributed by atoms with E-state index < -0.39 is 119 Å². The van der Waals surface area contributed by atoms with E-state index >= 15 is 0 Å². The average Bonchev–Trinajstić information content (AvgIpc) is 1.50. The normalized spacial score (nSPS) is 16.4. The minimum atomic E-state index is -1.50. The lowest BCUT2D eigenvalue weighted by molar-refractivity contribution is -0.149. The average molecular weight is 1560 g/mol. The largest absolute Gasteiger partial charge is 0.445 e. The van der Waals surface area contributed by atoms with Gasteiger partial charge in [-0.05, 0) is 127 Å². The van der Waals surface area contributed by atoms with E-state index in [1.54, 1.807) is 63.4 Å². The van der Waals surface area contributed by atoms with E-state index in [2.05, 4.69) is 36.9 Å². The summed E-state index contributed by atoms with van der Waals surface area (Å²) in [5.41, 5.74) is 4.81. The molecule has 1 aliphatic rings. The number of nitrogens with two attached hydrogens (primary N) is 1. The number of thiazole rings is 1. The lowest BCUT2D eigenvalue weighted by atomic mass is 9.83. The number of carbonyl (C=O) groups is 12. The number of Topliss-reactive ketones (excluding diaryl/α,β-unsaturated/α-hetero) is 5. The number of ether oxygens (including phenoxy) is 3. The number of hydrogen-bond acceptors (Lipinski definition) is 19. The van der Waals surface area contributed by atoms with Gasteiger partial charge in [-0.2, -0.15) is 0 Å². The van der Waals surface area contributed by atoms with Gasteiger partial charge in [0.1, 0.15) is 19.0 Å². The first-order valence-corrected chi connectivity index (χ1v) is 40.1. The van der Waals surface area contributed by atoms with Crippen LogP contribution in [0.1, 0.15) is 222 Å². The molecule has 1 aromatic heterocycles. The highest BCUT2D eigenvalue weighted by Crippen LogP contribution is 2.35. The maximum Gasteiger partial charge on any atom is 0.408 e. The fourth-order valence-electron chi connectivity index (χ4n) is 14.3. The van der Waals surface area contributed by atoms with Crippen LogP contribution >= 0.6 is 11.3 Å². The van der Waals surface area contributed by atoms with E-state index in [-0.39, 0.29) is 136 Å². The van der Waals surface area contributed by atoms with E-state index in [1.165, 1.54) is 32.3 Å². The maximum atomic E-state index is 14.9. The zero-order valence-corrected chi connectivity index (χ0v) is 69.5. The monoisotopic (exact) mass is 1550 g/mol. The van der Waals surface area contributed by atoms with Gasteiger partial charge in [0.25, 0.3) is 0 Å². The Labute approximate surface area is 656 Å². The second-order valence-corrected chi connectivity index (χ2v) is 34.0. The standard InChI is InChI=1S/C83H130N10O16S/c1-19-53(6)72(67(107-17)48-70(100)93-41-26-31-64(93)73(108-18)54(7)65(96)46-59(77-86-40-42-110-77)43-55-27-21-20-22-28-55)92(16)78(104)62(51(2)3)47-68(98)83(14,15)91-80(106)109-50-56-32-34-60(35-33-56)88-75(102)58(30-25-39-87-79(84)105)45-66(97)71(52(4)5)89-76(103)57(44-61(95)49-94)29-23-24-38-85-69(99)37-36-63(90-82(11,12)13)74(101)81(8,9)10/h20-22,27-28,32-35,40,42,51-54,57-59,62-64,67,71-73,90,94H,19,23-26,29-31,36-39,41,43-50H2,1-18H3,(H,85,99)(H,88,102)(H,89,103)(H,91,106)(H3,84,87,105)/t53-,54-,57+,58+,59+,62-,63+,64-,67+,71-,72-,73+/m0/s1. The van der Waals surface area contributed by atoms with Crippen LogP contribution in [0.25, 0.3) is 0 Å². The molecule has 1 fully saturated rings. The van der Waals surface area contributed by atoms with Gasteiger partial charge in [0.05, 0.1) is 53.3 Å².